The number of amides is 1. The number of carbonyl (C=O) groups is 1. The Morgan fingerprint density at radius 1 is 1.22 bits per heavy atom. The highest BCUT2D eigenvalue weighted by atomic mass is 35.5. The lowest BCUT2D eigenvalue weighted by Crippen LogP contribution is -2.42. The zero-order valence-electron chi connectivity index (χ0n) is 12.5. The van der Waals surface area contributed by atoms with E-state index in [-0.39, 0.29) is 17.0 Å². The molecule has 1 aromatic heterocycles. The van der Waals surface area contributed by atoms with E-state index in [0.717, 1.165) is 37.1 Å². The molecular weight excluding hydrogens is 317 g/mol. The van der Waals surface area contributed by atoms with Crippen LogP contribution < -0.4 is 10.6 Å². The second kappa shape index (κ2) is 7.06. The largest absolute Gasteiger partial charge is 0.349 e. The van der Waals surface area contributed by atoms with Gasteiger partial charge in [-0.15, -0.1) is 0 Å². The number of nitrogens with one attached hydrogen (secondary N) is 2. The first-order valence-electron chi connectivity index (χ1n) is 7.55. The summed E-state index contributed by atoms with van der Waals surface area (Å²) in [6.45, 7) is 1.83. The summed E-state index contributed by atoms with van der Waals surface area (Å²) in [6.07, 6.45) is 5.01. The van der Waals surface area contributed by atoms with Crippen LogP contribution in [0.25, 0.3) is 11.1 Å². The zero-order valence-corrected chi connectivity index (χ0v) is 13.2. The monoisotopic (exact) mass is 333 g/mol. The van der Waals surface area contributed by atoms with Crippen molar-refractivity contribution in [3.63, 3.8) is 0 Å². The van der Waals surface area contributed by atoms with E-state index in [1.165, 1.54) is 18.3 Å². The first kappa shape index (κ1) is 15.9. The SMILES string of the molecule is O=C(NC1CCNCC1)c1cncc(-c2ccc(F)c(Cl)c2)c1. The number of carbonyl (C=O) groups excluding carboxylic acids is 1. The Labute approximate surface area is 139 Å². The molecule has 1 amide bonds. The maximum Gasteiger partial charge on any atom is 0.253 e. The van der Waals surface area contributed by atoms with Crippen LogP contribution in [0.4, 0.5) is 4.39 Å². The number of piperidine rings is 1. The maximum absolute atomic E-state index is 13.3. The molecule has 1 aliphatic heterocycles. The molecule has 23 heavy (non-hydrogen) atoms. The summed E-state index contributed by atoms with van der Waals surface area (Å²) in [5.74, 6) is -0.609. The Morgan fingerprint density at radius 3 is 2.74 bits per heavy atom. The van der Waals surface area contributed by atoms with Crippen molar-refractivity contribution < 1.29 is 9.18 Å². The molecule has 0 bridgehead atoms. The molecule has 2 aromatic rings. The van der Waals surface area contributed by atoms with E-state index in [1.54, 1.807) is 18.3 Å². The van der Waals surface area contributed by atoms with Crippen LogP contribution in [0.1, 0.15) is 23.2 Å². The first-order valence-corrected chi connectivity index (χ1v) is 7.93. The lowest BCUT2D eigenvalue weighted by atomic mass is 10.0. The highest BCUT2D eigenvalue weighted by Gasteiger charge is 2.17. The average molecular weight is 334 g/mol. The smallest absolute Gasteiger partial charge is 0.253 e. The van der Waals surface area contributed by atoms with E-state index in [0.29, 0.717) is 5.56 Å². The summed E-state index contributed by atoms with van der Waals surface area (Å²) in [5.41, 5.74) is 1.94. The number of aromatic nitrogens is 1. The van der Waals surface area contributed by atoms with E-state index >= 15 is 0 Å². The van der Waals surface area contributed by atoms with Gasteiger partial charge in [-0.2, -0.15) is 0 Å². The van der Waals surface area contributed by atoms with Crippen LogP contribution in [-0.2, 0) is 0 Å². The molecule has 0 aliphatic carbocycles. The third kappa shape index (κ3) is 3.86. The summed E-state index contributed by atoms with van der Waals surface area (Å²) >= 11 is 5.81. The Kier molecular flexibility index (Phi) is 4.88. The van der Waals surface area contributed by atoms with Gasteiger partial charge in [-0.25, -0.2) is 4.39 Å². The van der Waals surface area contributed by atoms with Gasteiger partial charge in [0.25, 0.3) is 5.91 Å². The molecule has 0 radical (unpaired) electrons. The second-order valence-electron chi connectivity index (χ2n) is 5.59. The fourth-order valence-corrected chi connectivity index (χ4v) is 2.81. The lowest BCUT2D eigenvalue weighted by molar-refractivity contribution is 0.0929. The number of benzene rings is 1. The van der Waals surface area contributed by atoms with Gasteiger partial charge in [0.15, 0.2) is 0 Å². The molecule has 0 spiro atoms. The summed E-state index contributed by atoms with van der Waals surface area (Å²) in [5, 5.41) is 6.34. The van der Waals surface area contributed by atoms with Crippen molar-refractivity contribution in [3.8, 4) is 11.1 Å². The summed E-state index contributed by atoms with van der Waals surface area (Å²) < 4.78 is 13.3. The van der Waals surface area contributed by atoms with E-state index in [2.05, 4.69) is 15.6 Å². The summed E-state index contributed by atoms with van der Waals surface area (Å²) in [6, 6.07) is 6.38. The molecule has 4 nitrogen and oxygen atoms in total. The lowest BCUT2D eigenvalue weighted by Gasteiger charge is -2.23. The highest BCUT2D eigenvalue weighted by molar-refractivity contribution is 6.31. The minimum atomic E-state index is -0.469. The molecule has 0 saturated carbocycles. The van der Waals surface area contributed by atoms with Crippen LogP contribution >= 0.6 is 11.6 Å². The van der Waals surface area contributed by atoms with E-state index in [1.807, 2.05) is 0 Å². The van der Waals surface area contributed by atoms with E-state index < -0.39 is 5.82 Å². The van der Waals surface area contributed by atoms with Crippen LogP contribution in [-0.4, -0.2) is 30.0 Å². The number of rotatable bonds is 3. The highest BCUT2D eigenvalue weighted by Crippen LogP contribution is 2.25. The normalized spacial score (nSPS) is 15.4. The van der Waals surface area contributed by atoms with Crippen LogP contribution in [0.15, 0.2) is 36.7 Å². The third-order valence-electron chi connectivity index (χ3n) is 3.93. The molecule has 2 N–H and O–H groups in total. The van der Waals surface area contributed by atoms with Crippen molar-refractivity contribution in [1.82, 2.24) is 15.6 Å². The van der Waals surface area contributed by atoms with Crippen molar-refractivity contribution in [2.24, 2.45) is 0 Å². The van der Waals surface area contributed by atoms with Crippen molar-refractivity contribution in [1.29, 1.82) is 0 Å². The fraction of sp³-hybridized carbons (Fsp3) is 0.294. The summed E-state index contributed by atoms with van der Waals surface area (Å²) in [4.78, 5) is 16.5. The van der Waals surface area contributed by atoms with Gasteiger partial charge < -0.3 is 10.6 Å². The first-order chi connectivity index (χ1) is 11.1. The fourth-order valence-electron chi connectivity index (χ4n) is 2.63. The molecule has 1 aromatic carbocycles. The Bertz CT molecular complexity index is 717. The van der Waals surface area contributed by atoms with Gasteiger partial charge in [-0.05, 0) is 49.7 Å². The van der Waals surface area contributed by atoms with Crippen LogP contribution in [0.3, 0.4) is 0 Å². The zero-order chi connectivity index (χ0) is 16.2. The van der Waals surface area contributed by atoms with Crippen molar-refractivity contribution in [2.75, 3.05) is 13.1 Å². The molecule has 3 rings (SSSR count). The van der Waals surface area contributed by atoms with Crippen LogP contribution in [0.2, 0.25) is 5.02 Å². The van der Waals surface area contributed by atoms with Gasteiger partial charge in [0.2, 0.25) is 0 Å². The van der Waals surface area contributed by atoms with Crippen LogP contribution in [0.5, 0.6) is 0 Å². The Hall–Kier alpha value is -1.98. The molecule has 1 fully saturated rings. The van der Waals surface area contributed by atoms with Crippen molar-refractivity contribution in [3.05, 3.63) is 53.1 Å². The summed E-state index contributed by atoms with van der Waals surface area (Å²) in [7, 11) is 0. The number of hydrogen-bond acceptors (Lipinski definition) is 3. The van der Waals surface area contributed by atoms with Gasteiger partial charge in [0.1, 0.15) is 5.82 Å². The maximum atomic E-state index is 13.3. The van der Waals surface area contributed by atoms with Gasteiger partial charge in [-0.3, -0.25) is 9.78 Å². The van der Waals surface area contributed by atoms with E-state index in [4.69, 9.17) is 11.6 Å². The molecule has 1 saturated heterocycles. The predicted molar refractivity (Wildman–Crippen MR) is 88.0 cm³/mol. The molecule has 0 unspecified atom stereocenters. The minimum absolute atomic E-state index is 0.0482. The molecule has 1 aliphatic rings. The molecular formula is C17H17ClFN3O. The van der Waals surface area contributed by atoms with Crippen molar-refractivity contribution >= 4 is 17.5 Å². The van der Waals surface area contributed by atoms with Gasteiger partial charge in [0, 0.05) is 24.0 Å². The standard InChI is InChI=1S/C17H17ClFN3O/c18-15-8-11(1-2-16(15)19)12-7-13(10-21-9-12)17(23)22-14-3-5-20-6-4-14/h1-2,7-10,14,20H,3-6H2,(H,22,23). The number of pyridine rings is 1. The predicted octanol–water partition coefficient (Wildman–Crippen LogP) is 3.02. The molecule has 2 heterocycles. The Balaban J connectivity index is 1.78. The van der Waals surface area contributed by atoms with Crippen LogP contribution in [0, 0.1) is 5.82 Å². The topological polar surface area (TPSA) is 54.0 Å². The quantitative estimate of drug-likeness (QED) is 0.907. The second-order valence-corrected chi connectivity index (χ2v) is 6.00. The molecule has 6 heteroatoms. The number of hydrogen-bond donors (Lipinski definition) is 2. The van der Waals surface area contributed by atoms with Crippen molar-refractivity contribution in [2.45, 2.75) is 18.9 Å². The minimum Gasteiger partial charge on any atom is -0.349 e. The Morgan fingerprint density at radius 2 is 2.00 bits per heavy atom. The number of halogens is 2. The average Bonchev–Trinajstić information content (AvgIpc) is 2.58. The third-order valence-corrected chi connectivity index (χ3v) is 4.22. The molecule has 0 atom stereocenters. The molecule has 120 valence electrons. The number of nitrogens with zero attached hydrogens (tertiary/aromatic N) is 1. The van der Waals surface area contributed by atoms with Gasteiger partial charge >= 0.3 is 0 Å². The van der Waals surface area contributed by atoms with E-state index in [9.17, 15) is 9.18 Å². The van der Waals surface area contributed by atoms with Gasteiger partial charge in [-0.1, -0.05) is 17.7 Å². The van der Waals surface area contributed by atoms with Gasteiger partial charge in [0.05, 0.1) is 10.6 Å².